The predicted molar refractivity (Wildman–Crippen MR) is 70.5 cm³/mol. The SMILES string of the molecule is CCCNC(=O)CCNc1ccc(Br)cc1. The van der Waals surface area contributed by atoms with Gasteiger partial charge in [-0.25, -0.2) is 0 Å². The topological polar surface area (TPSA) is 41.1 Å². The molecule has 0 spiro atoms. The molecular weight excluding hydrogens is 268 g/mol. The molecule has 1 amide bonds. The fraction of sp³-hybridized carbons (Fsp3) is 0.417. The van der Waals surface area contributed by atoms with Gasteiger partial charge in [0.05, 0.1) is 0 Å². The minimum absolute atomic E-state index is 0.103. The summed E-state index contributed by atoms with van der Waals surface area (Å²) in [5.41, 5.74) is 1.03. The Morgan fingerprint density at radius 3 is 2.56 bits per heavy atom. The van der Waals surface area contributed by atoms with E-state index in [0.29, 0.717) is 13.0 Å². The van der Waals surface area contributed by atoms with Crippen LogP contribution in [0.3, 0.4) is 0 Å². The first kappa shape index (κ1) is 13.0. The average Bonchev–Trinajstić information content (AvgIpc) is 2.29. The molecular formula is C12H17BrN2O. The third kappa shape index (κ3) is 5.16. The molecule has 88 valence electrons. The van der Waals surface area contributed by atoms with Crippen LogP contribution in [-0.2, 0) is 4.79 Å². The predicted octanol–water partition coefficient (Wildman–Crippen LogP) is 2.78. The van der Waals surface area contributed by atoms with E-state index < -0.39 is 0 Å². The van der Waals surface area contributed by atoms with E-state index in [2.05, 4.69) is 26.6 Å². The van der Waals surface area contributed by atoms with E-state index in [-0.39, 0.29) is 5.91 Å². The first-order valence-electron chi connectivity index (χ1n) is 5.48. The summed E-state index contributed by atoms with van der Waals surface area (Å²) in [7, 11) is 0. The minimum atomic E-state index is 0.103. The second-order valence-corrected chi connectivity index (χ2v) is 4.45. The summed E-state index contributed by atoms with van der Waals surface area (Å²) in [6.07, 6.45) is 1.49. The van der Waals surface area contributed by atoms with Gasteiger partial charge in [0, 0.05) is 29.7 Å². The zero-order valence-electron chi connectivity index (χ0n) is 9.42. The smallest absolute Gasteiger partial charge is 0.221 e. The first-order chi connectivity index (χ1) is 7.72. The lowest BCUT2D eigenvalue weighted by atomic mass is 10.3. The normalized spacial score (nSPS) is 9.88. The lowest BCUT2D eigenvalue weighted by Gasteiger charge is -2.06. The van der Waals surface area contributed by atoms with Gasteiger partial charge in [-0.05, 0) is 30.7 Å². The van der Waals surface area contributed by atoms with Gasteiger partial charge in [-0.2, -0.15) is 0 Å². The van der Waals surface area contributed by atoms with Gasteiger partial charge in [0.15, 0.2) is 0 Å². The van der Waals surface area contributed by atoms with Crippen molar-refractivity contribution in [3.63, 3.8) is 0 Å². The number of carbonyl (C=O) groups excluding carboxylic acids is 1. The number of benzene rings is 1. The van der Waals surface area contributed by atoms with E-state index in [1.807, 2.05) is 31.2 Å². The van der Waals surface area contributed by atoms with Crippen LogP contribution >= 0.6 is 15.9 Å². The van der Waals surface area contributed by atoms with Gasteiger partial charge in [0.2, 0.25) is 5.91 Å². The fourth-order valence-corrected chi connectivity index (χ4v) is 1.51. The molecule has 2 N–H and O–H groups in total. The Balaban J connectivity index is 2.20. The molecule has 16 heavy (non-hydrogen) atoms. The van der Waals surface area contributed by atoms with Crippen molar-refractivity contribution < 1.29 is 4.79 Å². The number of halogens is 1. The number of rotatable bonds is 6. The van der Waals surface area contributed by atoms with E-state index >= 15 is 0 Å². The van der Waals surface area contributed by atoms with Crippen LogP contribution in [0.4, 0.5) is 5.69 Å². The van der Waals surface area contributed by atoms with Crippen molar-refractivity contribution in [3.8, 4) is 0 Å². The Bertz CT molecular complexity index is 324. The highest BCUT2D eigenvalue weighted by molar-refractivity contribution is 9.10. The summed E-state index contributed by atoms with van der Waals surface area (Å²) in [4.78, 5) is 11.3. The molecule has 0 saturated heterocycles. The quantitative estimate of drug-likeness (QED) is 0.844. The molecule has 0 bridgehead atoms. The van der Waals surface area contributed by atoms with Crippen molar-refractivity contribution in [3.05, 3.63) is 28.7 Å². The number of anilines is 1. The summed E-state index contributed by atoms with van der Waals surface area (Å²) >= 11 is 3.37. The van der Waals surface area contributed by atoms with Crippen LogP contribution in [0, 0.1) is 0 Å². The minimum Gasteiger partial charge on any atom is -0.385 e. The van der Waals surface area contributed by atoms with Crippen molar-refractivity contribution >= 4 is 27.5 Å². The Kier molecular flexibility index (Phi) is 5.93. The second kappa shape index (κ2) is 7.28. The number of hydrogen-bond donors (Lipinski definition) is 2. The molecule has 1 aromatic carbocycles. The maximum atomic E-state index is 11.3. The largest absolute Gasteiger partial charge is 0.385 e. The zero-order valence-corrected chi connectivity index (χ0v) is 11.0. The van der Waals surface area contributed by atoms with Crippen molar-refractivity contribution in [1.29, 1.82) is 0 Å². The molecule has 0 heterocycles. The molecule has 0 radical (unpaired) electrons. The Morgan fingerprint density at radius 1 is 1.25 bits per heavy atom. The average molecular weight is 285 g/mol. The third-order valence-electron chi connectivity index (χ3n) is 2.10. The number of nitrogens with one attached hydrogen (secondary N) is 2. The van der Waals surface area contributed by atoms with Crippen molar-refractivity contribution in [2.24, 2.45) is 0 Å². The van der Waals surface area contributed by atoms with Crippen LogP contribution in [0.2, 0.25) is 0 Å². The second-order valence-electron chi connectivity index (χ2n) is 3.53. The van der Waals surface area contributed by atoms with Crippen LogP contribution in [0.1, 0.15) is 19.8 Å². The molecule has 3 nitrogen and oxygen atoms in total. The van der Waals surface area contributed by atoms with Crippen molar-refractivity contribution in [2.45, 2.75) is 19.8 Å². The highest BCUT2D eigenvalue weighted by Gasteiger charge is 1.99. The maximum absolute atomic E-state index is 11.3. The van der Waals surface area contributed by atoms with Crippen LogP contribution in [0.25, 0.3) is 0 Å². The molecule has 0 saturated carbocycles. The Labute approximate surface area is 105 Å². The highest BCUT2D eigenvalue weighted by atomic mass is 79.9. The van der Waals surface area contributed by atoms with Crippen molar-refractivity contribution in [1.82, 2.24) is 5.32 Å². The molecule has 1 aromatic rings. The van der Waals surface area contributed by atoms with Gasteiger partial charge >= 0.3 is 0 Å². The summed E-state index contributed by atoms with van der Waals surface area (Å²) in [5.74, 6) is 0.103. The van der Waals surface area contributed by atoms with E-state index in [4.69, 9.17) is 0 Å². The highest BCUT2D eigenvalue weighted by Crippen LogP contribution is 2.13. The van der Waals surface area contributed by atoms with E-state index in [0.717, 1.165) is 23.1 Å². The van der Waals surface area contributed by atoms with Crippen LogP contribution in [0.15, 0.2) is 28.7 Å². The molecule has 4 heteroatoms. The monoisotopic (exact) mass is 284 g/mol. The summed E-state index contributed by atoms with van der Waals surface area (Å²) in [5, 5.41) is 6.04. The Hall–Kier alpha value is -1.03. The van der Waals surface area contributed by atoms with Crippen LogP contribution in [-0.4, -0.2) is 19.0 Å². The van der Waals surface area contributed by atoms with E-state index in [1.54, 1.807) is 0 Å². The number of hydrogen-bond acceptors (Lipinski definition) is 2. The van der Waals surface area contributed by atoms with Gasteiger partial charge in [-0.3, -0.25) is 4.79 Å². The summed E-state index contributed by atoms with van der Waals surface area (Å²) in [6.45, 7) is 3.47. The van der Waals surface area contributed by atoms with Crippen LogP contribution < -0.4 is 10.6 Å². The van der Waals surface area contributed by atoms with Crippen molar-refractivity contribution in [2.75, 3.05) is 18.4 Å². The lowest BCUT2D eigenvalue weighted by molar-refractivity contribution is -0.120. The van der Waals surface area contributed by atoms with E-state index in [9.17, 15) is 4.79 Å². The molecule has 0 aliphatic carbocycles. The third-order valence-corrected chi connectivity index (χ3v) is 2.63. The first-order valence-corrected chi connectivity index (χ1v) is 6.28. The van der Waals surface area contributed by atoms with Crippen LogP contribution in [0.5, 0.6) is 0 Å². The fourth-order valence-electron chi connectivity index (χ4n) is 1.24. The molecule has 0 aliphatic heterocycles. The molecule has 1 rings (SSSR count). The standard InChI is InChI=1S/C12H17BrN2O/c1-2-8-15-12(16)7-9-14-11-5-3-10(13)4-6-11/h3-6,14H,2,7-9H2,1H3,(H,15,16). The zero-order chi connectivity index (χ0) is 11.8. The molecule has 0 unspecified atom stereocenters. The number of amides is 1. The lowest BCUT2D eigenvalue weighted by Crippen LogP contribution is -2.25. The van der Waals surface area contributed by atoms with Gasteiger partial charge < -0.3 is 10.6 Å². The molecule has 0 fully saturated rings. The van der Waals surface area contributed by atoms with Gasteiger partial charge in [0.1, 0.15) is 0 Å². The molecule has 0 aromatic heterocycles. The molecule has 0 aliphatic rings. The van der Waals surface area contributed by atoms with Gasteiger partial charge in [-0.1, -0.05) is 22.9 Å². The van der Waals surface area contributed by atoms with Gasteiger partial charge in [0.25, 0.3) is 0 Å². The summed E-state index contributed by atoms with van der Waals surface area (Å²) < 4.78 is 1.05. The molecule has 0 atom stereocenters. The maximum Gasteiger partial charge on any atom is 0.221 e. The summed E-state index contributed by atoms with van der Waals surface area (Å²) in [6, 6.07) is 7.90. The van der Waals surface area contributed by atoms with E-state index in [1.165, 1.54) is 0 Å². The Morgan fingerprint density at radius 2 is 1.94 bits per heavy atom. The number of carbonyl (C=O) groups is 1. The van der Waals surface area contributed by atoms with Gasteiger partial charge in [-0.15, -0.1) is 0 Å².